The fraction of sp³-hybridized carbons (Fsp3) is 0.545. The second-order valence-electron chi connectivity index (χ2n) is 3.91. The van der Waals surface area contributed by atoms with Crippen LogP contribution in [0.5, 0.6) is 0 Å². The van der Waals surface area contributed by atoms with Crippen molar-refractivity contribution in [3.63, 3.8) is 0 Å². The quantitative estimate of drug-likeness (QED) is 0.629. The summed E-state index contributed by atoms with van der Waals surface area (Å²) in [6, 6.07) is 3.28. The molecular weight excluding hydrogens is 220 g/mol. The van der Waals surface area contributed by atoms with Crippen LogP contribution in [-0.2, 0) is 0 Å². The molecule has 0 amide bonds. The molecule has 17 heavy (non-hydrogen) atoms. The molecule has 0 spiro atoms. The van der Waals surface area contributed by atoms with Gasteiger partial charge in [0.15, 0.2) is 0 Å². The maximum absolute atomic E-state index is 11.0. The van der Waals surface area contributed by atoms with Gasteiger partial charge in [-0.05, 0) is 19.4 Å². The average Bonchev–Trinajstić information content (AvgIpc) is 2.35. The largest absolute Gasteiger partial charge is 0.373 e. The van der Waals surface area contributed by atoms with Crippen LogP contribution in [0.25, 0.3) is 0 Å². The van der Waals surface area contributed by atoms with Gasteiger partial charge in [0.25, 0.3) is 0 Å². The Balaban J connectivity index is 3.21. The SMILES string of the molecule is CCC(C)N(C)c1nc(NC)ccc1[N+](=O)[O-]. The van der Waals surface area contributed by atoms with Crippen molar-refractivity contribution in [3.8, 4) is 0 Å². The van der Waals surface area contributed by atoms with Gasteiger partial charge in [-0.25, -0.2) is 4.98 Å². The fourth-order valence-corrected chi connectivity index (χ4v) is 1.46. The topological polar surface area (TPSA) is 71.3 Å². The lowest BCUT2D eigenvalue weighted by Gasteiger charge is -2.24. The Hall–Kier alpha value is -1.85. The zero-order chi connectivity index (χ0) is 13.0. The van der Waals surface area contributed by atoms with Crippen LogP contribution in [0.3, 0.4) is 0 Å². The molecule has 0 bridgehead atoms. The van der Waals surface area contributed by atoms with Gasteiger partial charge in [-0.2, -0.15) is 0 Å². The monoisotopic (exact) mass is 238 g/mol. The number of rotatable bonds is 5. The van der Waals surface area contributed by atoms with Crippen LogP contribution in [0, 0.1) is 10.1 Å². The van der Waals surface area contributed by atoms with Crippen LogP contribution >= 0.6 is 0 Å². The van der Waals surface area contributed by atoms with Gasteiger partial charge in [0.1, 0.15) is 5.82 Å². The zero-order valence-electron chi connectivity index (χ0n) is 10.6. The first-order chi connectivity index (χ1) is 8.01. The number of hydrogen-bond acceptors (Lipinski definition) is 5. The molecule has 6 heteroatoms. The summed E-state index contributed by atoms with van der Waals surface area (Å²) in [5.74, 6) is 1.02. The molecule has 0 aromatic carbocycles. The van der Waals surface area contributed by atoms with Gasteiger partial charge in [0.05, 0.1) is 4.92 Å². The minimum Gasteiger partial charge on any atom is -0.373 e. The lowest BCUT2D eigenvalue weighted by atomic mass is 10.2. The molecule has 1 aromatic heterocycles. The van der Waals surface area contributed by atoms with Gasteiger partial charge in [-0.15, -0.1) is 0 Å². The van der Waals surface area contributed by atoms with Crippen molar-refractivity contribution < 1.29 is 4.92 Å². The third-order valence-electron chi connectivity index (χ3n) is 2.89. The fourth-order valence-electron chi connectivity index (χ4n) is 1.46. The molecule has 1 unspecified atom stereocenters. The molecule has 1 N–H and O–H groups in total. The van der Waals surface area contributed by atoms with Crippen molar-refractivity contribution in [2.24, 2.45) is 0 Å². The van der Waals surface area contributed by atoms with E-state index in [0.29, 0.717) is 11.6 Å². The summed E-state index contributed by atoms with van der Waals surface area (Å²) in [7, 11) is 3.56. The van der Waals surface area contributed by atoms with E-state index in [2.05, 4.69) is 10.3 Å². The van der Waals surface area contributed by atoms with Crippen molar-refractivity contribution in [3.05, 3.63) is 22.2 Å². The third kappa shape index (κ3) is 2.83. The summed E-state index contributed by atoms with van der Waals surface area (Å²) in [5.41, 5.74) is 0.0341. The number of anilines is 2. The van der Waals surface area contributed by atoms with Gasteiger partial charge in [-0.1, -0.05) is 6.92 Å². The van der Waals surface area contributed by atoms with Crippen molar-refractivity contribution in [2.45, 2.75) is 26.3 Å². The number of aromatic nitrogens is 1. The minimum atomic E-state index is -0.402. The van der Waals surface area contributed by atoms with E-state index in [9.17, 15) is 10.1 Å². The number of hydrogen-bond donors (Lipinski definition) is 1. The van der Waals surface area contributed by atoms with Crippen LogP contribution in [0.1, 0.15) is 20.3 Å². The predicted octanol–water partition coefficient (Wildman–Crippen LogP) is 2.27. The molecule has 1 heterocycles. The molecule has 0 aliphatic rings. The number of pyridine rings is 1. The van der Waals surface area contributed by atoms with E-state index >= 15 is 0 Å². The Kier molecular flexibility index (Phi) is 4.25. The molecular formula is C11H18N4O2. The maximum atomic E-state index is 11.0. The van der Waals surface area contributed by atoms with Gasteiger partial charge in [-0.3, -0.25) is 10.1 Å². The highest BCUT2D eigenvalue weighted by Crippen LogP contribution is 2.28. The lowest BCUT2D eigenvalue weighted by molar-refractivity contribution is -0.384. The zero-order valence-corrected chi connectivity index (χ0v) is 10.6. The highest BCUT2D eigenvalue weighted by Gasteiger charge is 2.21. The van der Waals surface area contributed by atoms with Gasteiger partial charge >= 0.3 is 5.69 Å². The van der Waals surface area contributed by atoms with Crippen LogP contribution < -0.4 is 10.2 Å². The molecule has 0 saturated heterocycles. The first-order valence-corrected chi connectivity index (χ1v) is 5.57. The smallest absolute Gasteiger partial charge is 0.311 e. The summed E-state index contributed by atoms with van der Waals surface area (Å²) in [6.45, 7) is 4.05. The lowest BCUT2D eigenvalue weighted by Crippen LogP contribution is -2.29. The molecule has 0 aliphatic carbocycles. The van der Waals surface area contributed by atoms with Crippen LogP contribution in [-0.4, -0.2) is 30.0 Å². The Morgan fingerprint density at radius 2 is 2.24 bits per heavy atom. The number of nitro groups is 1. The summed E-state index contributed by atoms with van der Waals surface area (Å²) < 4.78 is 0. The van der Waals surface area contributed by atoms with Crippen LogP contribution in [0.2, 0.25) is 0 Å². The highest BCUT2D eigenvalue weighted by atomic mass is 16.6. The first-order valence-electron chi connectivity index (χ1n) is 5.57. The van der Waals surface area contributed by atoms with E-state index in [-0.39, 0.29) is 11.7 Å². The van der Waals surface area contributed by atoms with Crippen molar-refractivity contribution in [2.75, 3.05) is 24.3 Å². The standard InChI is InChI=1S/C11H18N4O2/c1-5-8(2)14(4)11-9(15(16)17)6-7-10(12-3)13-11/h6-8H,5H2,1-4H3,(H,12,13). The summed E-state index contributed by atoms with van der Waals surface area (Å²) >= 11 is 0. The molecule has 1 rings (SSSR count). The summed E-state index contributed by atoms with van der Waals surface area (Å²) in [4.78, 5) is 16.6. The van der Waals surface area contributed by atoms with Crippen LogP contribution in [0.15, 0.2) is 12.1 Å². The van der Waals surface area contributed by atoms with Crippen LogP contribution in [0.4, 0.5) is 17.3 Å². The van der Waals surface area contributed by atoms with E-state index < -0.39 is 4.92 Å². The van der Waals surface area contributed by atoms with Gasteiger partial charge in [0, 0.05) is 26.2 Å². The minimum absolute atomic E-state index is 0.0341. The average molecular weight is 238 g/mol. The normalized spacial score (nSPS) is 12.0. The molecule has 6 nitrogen and oxygen atoms in total. The Morgan fingerprint density at radius 1 is 1.59 bits per heavy atom. The van der Waals surface area contributed by atoms with Crippen molar-refractivity contribution >= 4 is 17.3 Å². The van der Waals surface area contributed by atoms with E-state index in [1.807, 2.05) is 25.8 Å². The molecule has 94 valence electrons. The molecule has 0 radical (unpaired) electrons. The van der Waals surface area contributed by atoms with E-state index in [1.165, 1.54) is 6.07 Å². The molecule has 1 aromatic rings. The van der Waals surface area contributed by atoms with Crippen molar-refractivity contribution in [1.29, 1.82) is 0 Å². The highest BCUT2D eigenvalue weighted by molar-refractivity contribution is 5.61. The second kappa shape index (κ2) is 5.47. The van der Waals surface area contributed by atoms with Crippen molar-refractivity contribution in [1.82, 2.24) is 4.98 Å². The van der Waals surface area contributed by atoms with Gasteiger partial charge < -0.3 is 10.2 Å². The predicted molar refractivity (Wildman–Crippen MR) is 68.6 cm³/mol. The van der Waals surface area contributed by atoms with E-state index in [1.54, 1.807) is 13.1 Å². The summed E-state index contributed by atoms with van der Waals surface area (Å²) in [6.07, 6.45) is 0.902. The number of nitrogens with one attached hydrogen (secondary N) is 1. The van der Waals surface area contributed by atoms with Gasteiger partial charge in [0.2, 0.25) is 5.82 Å². The van der Waals surface area contributed by atoms with E-state index in [0.717, 1.165) is 6.42 Å². The first kappa shape index (κ1) is 13.2. The second-order valence-corrected chi connectivity index (χ2v) is 3.91. The molecule has 0 saturated carbocycles. The maximum Gasteiger partial charge on any atom is 0.311 e. The molecule has 1 atom stereocenters. The Bertz CT molecular complexity index is 408. The molecule has 0 fully saturated rings. The Labute approximate surface area is 101 Å². The summed E-state index contributed by atoms with van der Waals surface area (Å²) in [5, 5.41) is 13.8. The number of nitrogens with zero attached hydrogens (tertiary/aromatic N) is 3. The molecule has 0 aliphatic heterocycles. The third-order valence-corrected chi connectivity index (χ3v) is 2.89. The Morgan fingerprint density at radius 3 is 2.71 bits per heavy atom. The van der Waals surface area contributed by atoms with E-state index in [4.69, 9.17) is 0 Å².